The van der Waals surface area contributed by atoms with E-state index in [1.54, 1.807) is 13.8 Å². The predicted octanol–water partition coefficient (Wildman–Crippen LogP) is 1.44. The highest BCUT2D eigenvalue weighted by atomic mass is 32.2. The van der Waals surface area contributed by atoms with Crippen LogP contribution >= 0.6 is 0 Å². The van der Waals surface area contributed by atoms with Gasteiger partial charge in [-0.25, -0.2) is 13.1 Å². The highest BCUT2D eigenvalue weighted by Gasteiger charge is 2.24. The minimum Gasteiger partial charge on any atom is -0.480 e. The van der Waals surface area contributed by atoms with E-state index in [4.69, 9.17) is 5.11 Å². The standard InChI is InChI=1S/C13H23N3O4S/c1-4-5-6-7-8-14-21(19,20)13-10(2)15-16(11(13)3)9-12(17)18/h14H,4-9H2,1-3H3,(H,17,18). The Hall–Kier alpha value is -1.41. The van der Waals surface area contributed by atoms with Gasteiger partial charge >= 0.3 is 5.97 Å². The number of nitrogens with zero attached hydrogens (tertiary/aromatic N) is 2. The van der Waals surface area contributed by atoms with E-state index in [-0.39, 0.29) is 11.4 Å². The van der Waals surface area contributed by atoms with Crippen molar-refractivity contribution in [3.63, 3.8) is 0 Å². The number of carboxylic acids is 1. The molecule has 0 radical (unpaired) electrons. The molecule has 2 N–H and O–H groups in total. The number of carbonyl (C=O) groups is 1. The lowest BCUT2D eigenvalue weighted by Crippen LogP contribution is -2.26. The van der Waals surface area contributed by atoms with Crippen molar-refractivity contribution in [3.05, 3.63) is 11.4 Å². The summed E-state index contributed by atoms with van der Waals surface area (Å²) in [4.78, 5) is 10.8. The monoisotopic (exact) mass is 317 g/mol. The number of rotatable bonds is 9. The van der Waals surface area contributed by atoms with E-state index < -0.39 is 16.0 Å². The third-order valence-electron chi connectivity index (χ3n) is 3.19. The molecule has 0 aliphatic heterocycles. The van der Waals surface area contributed by atoms with Gasteiger partial charge in [0.25, 0.3) is 0 Å². The lowest BCUT2D eigenvalue weighted by Gasteiger charge is -2.07. The van der Waals surface area contributed by atoms with Crippen molar-refractivity contribution in [3.8, 4) is 0 Å². The Morgan fingerprint density at radius 2 is 1.95 bits per heavy atom. The summed E-state index contributed by atoms with van der Waals surface area (Å²) in [5.41, 5.74) is 0.658. The molecule has 0 spiro atoms. The number of carboxylic acid groups (broad SMARTS) is 1. The van der Waals surface area contributed by atoms with Crippen molar-refractivity contribution in [2.75, 3.05) is 6.54 Å². The number of aryl methyl sites for hydroxylation is 1. The van der Waals surface area contributed by atoms with Crippen LogP contribution in [-0.2, 0) is 21.4 Å². The van der Waals surface area contributed by atoms with Gasteiger partial charge in [0.1, 0.15) is 11.4 Å². The van der Waals surface area contributed by atoms with Crippen LogP contribution in [0.5, 0.6) is 0 Å². The molecule has 0 saturated heterocycles. The largest absolute Gasteiger partial charge is 0.480 e. The second-order valence-corrected chi connectivity index (χ2v) is 6.71. The Kier molecular flexibility index (Phi) is 6.35. The highest BCUT2D eigenvalue weighted by molar-refractivity contribution is 7.89. The highest BCUT2D eigenvalue weighted by Crippen LogP contribution is 2.19. The molecule has 0 aliphatic carbocycles. The van der Waals surface area contributed by atoms with Gasteiger partial charge in [0, 0.05) is 6.54 Å². The van der Waals surface area contributed by atoms with Crippen LogP contribution in [0.4, 0.5) is 0 Å². The topological polar surface area (TPSA) is 101 Å². The third-order valence-corrected chi connectivity index (χ3v) is 4.90. The van der Waals surface area contributed by atoms with Gasteiger partial charge in [-0.3, -0.25) is 9.48 Å². The van der Waals surface area contributed by atoms with Gasteiger partial charge in [-0.15, -0.1) is 0 Å². The van der Waals surface area contributed by atoms with Gasteiger partial charge in [-0.1, -0.05) is 26.2 Å². The van der Waals surface area contributed by atoms with E-state index in [1.165, 1.54) is 4.68 Å². The summed E-state index contributed by atoms with van der Waals surface area (Å²) in [6, 6.07) is 0. The van der Waals surface area contributed by atoms with Gasteiger partial charge in [-0.2, -0.15) is 5.10 Å². The Morgan fingerprint density at radius 1 is 1.29 bits per heavy atom. The van der Waals surface area contributed by atoms with Gasteiger partial charge < -0.3 is 5.11 Å². The first-order valence-corrected chi connectivity index (χ1v) is 8.53. The van der Waals surface area contributed by atoms with Crippen molar-refractivity contribution >= 4 is 16.0 Å². The average Bonchev–Trinajstić information content (AvgIpc) is 2.63. The number of hydrogen-bond acceptors (Lipinski definition) is 4. The zero-order valence-electron chi connectivity index (χ0n) is 12.7. The molecule has 0 fully saturated rings. The first-order valence-electron chi connectivity index (χ1n) is 7.05. The molecule has 8 heteroatoms. The lowest BCUT2D eigenvalue weighted by molar-refractivity contribution is -0.137. The molecule has 21 heavy (non-hydrogen) atoms. The molecule has 1 aromatic rings. The molecule has 1 heterocycles. The molecule has 1 aromatic heterocycles. The van der Waals surface area contributed by atoms with E-state index in [1.807, 2.05) is 0 Å². The number of aliphatic carboxylic acids is 1. The van der Waals surface area contributed by atoms with Crippen molar-refractivity contribution in [1.29, 1.82) is 0 Å². The van der Waals surface area contributed by atoms with Crippen LogP contribution in [-0.4, -0.2) is 35.8 Å². The molecular weight excluding hydrogens is 294 g/mol. The Bertz CT molecular complexity index is 593. The lowest BCUT2D eigenvalue weighted by atomic mass is 10.2. The summed E-state index contributed by atoms with van der Waals surface area (Å²) in [5, 5.41) is 12.8. The van der Waals surface area contributed by atoms with E-state index in [2.05, 4.69) is 16.7 Å². The normalized spacial score (nSPS) is 11.8. The fraction of sp³-hybridized carbons (Fsp3) is 0.692. The molecule has 1 rings (SSSR count). The van der Waals surface area contributed by atoms with E-state index in [0.29, 0.717) is 17.9 Å². The molecule has 0 unspecified atom stereocenters. The zero-order valence-corrected chi connectivity index (χ0v) is 13.5. The quantitative estimate of drug-likeness (QED) is 0.671. The molecule has 0 aliphatic rings. The number of sulfonamides is 1. The van der Waals surface area contributed by atoms with E-state index in [0.717, 1.165) is 25.7 Å². The van der Waals surface area contributed by atoms with Crippen LogP contribution in [0.25, 0.3) is 0 Å². The smallest absolute Gasteiger partial charge is 0.325 e. The number of nitrogens with one attached hydrogen (secondary N) is 1. The third kappa shape index (κ3) is 4.82. The van der Waals surface area contributed by atoms with Gasteiger partial charge in [-0.05, 0) is 20.3 Å². The summed E-state index contributed by atoms with van der Waals surface area (Å²) in [6.45, 7) is 5.25. The SMILES string of the molecule is CCCCCCNS(=O)(=O)c1c(C)nn(CC(=O)O)c1C. The molecule has 0 saturated carbocycles. The molecular formula is C13H23N3O4S. The van der Waals surface area contributed by atoms with Crippen molar-refractivity contribution in [1.82, 2.24) is 14.5 Å². The van der Waals surface area contributed by atoms with Crippen LogP contribution in [0.2, 0.25) is 0 Å². The summed E-state index contributed by atoms with van der Waals surface area (Å²) in [6.07, 6.45) is 3.94. The summed E-state index contributed by atoms with van der Waals surface area (Å²) in [7, 11) is -3.65. The predicted molar refractivity (Wildman–Crippen MR) is 78.7 cm³/mol. The summed E-state index contributed by atoms with van der Waals surface area (Å²) < 4.78 is 28.3. The first-order chi connectivity index (χ1) is 9.79. The van der Waals surface area contributed by atoms with Gasteiger partial charge in [0.2, 0.25) is 10.0 Å². The van der Waals surface area contributed by atoms with Crippen molar-refractivity contribution in [2.45, 2.75) is 57.9 Å². The second-order valence-electron chi connectivity index (χ2n) is 5.01. The maximum atomic E-state index is 12.3. The van der Waals surface area contributed by atoms with Crippen LogP contribution in [0.3, 0.4) is 0 Å². The van der Waals surface area contributed by atoms with E-state index in [9.17, 15) is 13.2 Å². The molecule has 120 valence electrons. The maximum Gasteiger partial charge on any atom is 0.325 e. The number of aromatic nitrogens is 2. The van der Waals surface area contributed by atoms with Crippen molar-refractivity contribution < 1.29 is 18.3 Å². The second kappa shape index (κ2) is 7.56. The van der Waals surface area contributed by atoms with E-state index >= 15 is 0 Å². The minimum atomic E-state index is -3.65. The van der Waals surface area contributed by atoms with Crippen LogP contribution in [0.15, 0.2) is 4.90 Å². The summed E-state index contributed by atoms with van der Waals surface area (Å²) in [5.74, 6) is -1.06. The van der Waals surface area contributed by atoms with Gasteiger partial charge in [0.05, 0.1) is 11.4 Å². The Labute approximate surface area is 125 Å². The van der Waals surface area contributed by atoms with Crippen LogP contribution < -0.4 is 4.72 Å². The summed E-state index contributed by atoms with van der Waals surface area (Å²) >= 11 is 0. The molecule has 0 amide bonds. The van der Waals surface area contributed by atoms with Gasteiger partial charge in [0.15, 0.2) is 0 Å². The average molecular weight is 317 g/mol. The molecule has 7 nitrogen and oxygen atoms in total. The fourth-order valence-corrected chi connectivity index (χ4v) is 3.66. The Morgan fingerprint density at radius 3 is 2.52 bits per heavy atom. The zero-order chi connectivity index (χ0) is 16.0. The molecule has 0 atom stereocenters. The van der Waals surface area contributed by atoms with Crippen molar-refractivity contribution in [2.24, 2.45) is 0 Å². The molecule has 0 aromatic carbocycles. The minimum absolute atomic E-state index is 0.0826. The first kappa shape index (κ1) is 17.6. The maximum absolute atomic E-state index is 12.3. The molecule has 0 bridgehead atoms. The Balaban J connectivity index is 2.83. The van der Waals surface area contributed by atoms with Crippen LogP contribution in [0.1, 0.15) is 44.0 Å². The number of unbranched alkanes of at least 4 members (excludes halogenated alkanes) is 3. The number of hydrogen-bond donors (Lipinski definition) is 2. The van der Waals surface area contributed by atoms with Crippen LogP contribution in [0, 0.1) is 13.8 Å². The fourth-order valence-electron chi connectivity index (χ4n) is 2.18.